The molecule has 2 aliphatic rings. The molecule has 21 heavy (non-hydrogen) atoms. The third kappa shape index (κ3) is 2.97. The standard InChI is InChI=1S/C17H24N2O2/c1-2-21-17(20)16-12-18-10-11-19(16)15-9-5-7-13-6-3-4-8-14(13)15/h3-4,6,8,15-16,18H,2,5,7,9-12H2,1H3. The first kappa shape index (κ1) is 14.5. The molecule has 0 bridgehead atoms. The Kier molecular flexibility index (Phi) is 4.56. The molecule has 1 N–H and O–H groups in total. The molecule has 1 aliphatic carbocycles. The van der Waals surface area contributed by atoms with Gasteiger partial charge in [0.15, 0.2) is 0 Å². The maximum Gasteiger partial charge on any atom is 0.324 e. The first-order valence-electron chi connectivity index (χ1n) is 8.02. The average Bonchev–Trinajstić information content (AvgIpc) is 2.54. The van der Waals surface area contributed by atoms with E-state index in [0.717, 1.165) is 25.9 Å². The quantitative estimate of drug-likeness (QED) is 0.863. The summed E-state index contributed by atoms with van der Waals surface area (Å²) in [7, 11) is 0. The lowest BCUT2D eigenvalue weighted by Gasteiger charge is -2.42. The second-order valence-corrected chi connectivity index (χ2v) is 5.82. The van der Waals surface area contributed by atoms with E-state index in [1.165, 1.54) is 17.5 Å². The summed E-state index contributed by atoms with van der Waals surface area (Å²) < 4.78 is 5.27. The van der Waals surface area contributed by atoms with E-state index in [4.69, 9.17) is 4.74 Å². The molecule has 1 aromatic rings. The van der Waals surface area contributed by atoms with Crippen molar-refractivity contribution in [3.63, 3.8) is 0 Å². The van der Waals surface area contributed by atoms with Crippen molar-refractivity contribution < 1.29 is 9.53 Å². The topological polar surface area (TPSA) is 41.6 Å². The number of hydrogen-bond acceptors (Lipinski definition) is 4. The van der Waals surface area contributed by atoms with Crippen LogP contribution >= 0.6 is 0 Å². The Morgan fingerprint density at radius 3 is 3.14 bits per heavy atom. The highest BCUT2D eigenvalue weighted by molar-refractivity contribution is 5.76. The van der Waals surface area contributed by atoms with Gasteiger partial charge in [-0.1, -0.05) is 24.3 Å². The van der Waals surface area contributed by atoms with Crippen LogP contribution in [0.2, 0.25) is 0 Å². The van der Waals surface area contributed by atoms with Crippen LogP contribution in [0.5, 0.6) is 0 Å². The average molecular weight is 288 g/mol. The zero-order valence-corrected chi connectivity index (χ0v) is 12.7. The molecule has 2 unspecified atom stereocenters. The Bertz CT molecular complexity index is 503. The van der Waals surface area contributed by atoms with Crippen molar-refractivity contribution in [2.75, 3.05) is 26.2 Å². The first-order chi connectivity index (χ1) is 10.3. The van der Waals surface area contributed by atoms with Crippen molar-refractivity contribution in [1.29, 1.82) is 0 Å². The molecule has 4 heteroatoms. The molecule has 3 rings (SSSR count). The SMILES string of the molecule is CCOC(=O)C1CNCCN1C1CCCc2ccccc21. The predicted octanol–water partition coefficient (Wildman–Crippen LogP) is 1.90. The second-order valence-electron chi connectivity index (χ2n) is 5.82. The smallest absolute Gasteiger partial charge is 0.324 e. The molecule has 1 aromatic carbocycles. The van der Waals surface area contributed by atoms with Gasteiger partial charge in [0.05, 0.1) is 6.61 Å². The number of nitrogens with one attached hydrogen (secondary N) is 1. The number of esters is 1. The molecule has 114 valence electrons. The van der Waals surface area contributed by atoms with Crippen molar-refractivity contribution in [3.05, 3.63) is 35.4 Å². The van der Waals surface area contributed by atoms with Crippen molar-refractivity contribution >= 4 is 5.97 Å². The molecular formula is C17H24N2O2. The van der Waals surface area contributed by atoms with E-state index in [1.807, 2.05) is 6.92 Å². The number of fused-ring (bicyclic) bond motifs is 1. The number of hydrogen-bond donors (Lipinski definition) is 1. The fraction of sp³-hybridized carbons (Fsp3) is 0.588. The highest BCUT2D eigenvalue weighted by Crippen LogP contribution is 2.35. The molecule has 4 nitrogen and oxygen atoms in total. The summed E-state index contributed by atoms with van der Waals surface area (Å²) in [5.74, 6) is -0.0900. The molecule has 1 aliphatic heterocycles. The van der Waals surface area contributed by atoms with E-state index in [0.29, 0.717) is 19.2 Å². The van der Waals surface area contributed by atoms with Gasteiger partial charge in [-0.25, -0.2) is 0 Å². The summed E-state index contributed by atoms with van der Waals surface area (Å²) in [6, 6.07) is 8.87. The summed E-state index contributed by atoms with van der Waals surface area (Å²) in [6.07, 6.45) is 3.48. The zero-order chi connectivity index (χ0) is 14.7. The molecule has 1 heterocycles. The number of nitrogens with zero attached hydrogens (tertiary/aromatic N) is 1. The highest BCUT2D eigenvalue weighted by Gasteiger charge is 2.36. The molecule has 0 spiro atoms. The summed E-state index contributed by atoms with van der Waals surface area (Å²) in [4.78, 5) is 14.6. The number of aryl methyl sites for hydroxylation is 1. The van der Waals surface area contributed by atoms with Crippen molar-refractivity contribution in [1.82, 2.24) is 10.2 Å². The summed E-state index contributed by atoms with van der Waals surface area (Å²) in [6.45, 7) is 4.85. The van der Waals surface area contributed by atoms with E-state index in [-0.39, 0.29) is 12.0 Å². The van der Waals surface area contributed by atoms with Crippen LogP contribution in [0.3, 0.4) is 0 Å². The Morgan fingerprint density at radius 1 is 1.43 bits per heavy atom. The summed E-state index contributed by atoms with van der Waals surface area (Å²) in [5.41, 5.74) is 2.84. The van der Waals surface area contributed by atoms with Crippen LogP contribution in [0, 0.1) is 0 Å². The largest absolute Gasteiger partial charge is 0.465 e. The van der Waals surface area contributed by atoms with Gasteiger partial charge in [-0.05, 0) is 37.3 Å². The third-order valence-electron chi connectivity index (χ3n) is 4.58. The zero-order valence-electron chi connectivity index (χ0n) is 12.7. The molecule has 0 radical (unpaired) electrons. The van der Waals surface area contributed by atoms with Gasteiger partial charge in [0.25, 0.3) is 0 Å². The minimum absolute atomic E-state index is 0.0900. The van der Waals surface area contributed by atoms with Gasteiger partial charge >= 0.3 is 5.97 Å². The molecule has 1 saturated heterocycles. The van der Waals surface area contributed by atoms with E-state index in [9.17, 15) is 4.79 Å². The Morgan fingerprint density at radius 2 is 2.29 bits per heavy atom. The summed E-state index contributed by atoms with van der Waals surface area (Å²) in [5, 5.41) is 3.32. The molecule has 0 saturated carbocycles. The Labute approximate surface area is 126 Å². The summed E-state index contributed by atoms with van der Waals surface area (Å²) >= 11 is 0. The van der Waals surface area contributed by atoms with Gasteiger partial charge in [-0.3, -0.25) is 9.69 Å². The lowest BCUT2D eigenvalue weighted by molar-refractivity contribution is -0.151. The molecule has 0 amide bonds. The lowest BCUT2D eigenvalue weighted by atomic mass is 9.86. The molecule has 0 aromatic heterocycles. The van der Waals surface area contributed by atoms with Gasteiger partial charge in [0.1, 0.15) is 6.04 Å². The van der Waals surface area contributed by atoms with Crippen LogP contribution in [0.4, 0.5) is 0 Å². The Hall–Kier alpha value is -1.39. The minimum atomic E-state index is -0.158. The highest BCUT2D eigenvalue weighted by atomic mass is 16.5. The van der Waals surface area contributed by atoms with Gasteiger partial charge < -0.3 is 10.1 Å². The van der Waals surface area contributed by atoms with Crippen LogP contribution in [0.1, 0.15) is 36.9 Å². The minimum Gasteiger partial charge on any atom is -0.465 e. The van der Waals surface area contributed by atoms with Gasteiger partial charge in [0.2, 0.25) is 0 Å². The number of piperazine rings is 1. The van der Waals surface area contributed by atoms with Crippen LogP contribution in [0.25, 0.3) is 0 Å². The van der Waals surface area contributed by atoms with E-state index < -0.39 is 0 Å². The van der Waals surface area contributed by atoms with Crippen LogP contribution in [-0.2, 0) is 16.0 Å². The van der Waals surface area contributed by atoms with Crippen molar-refractivity contribution in [3.8, 4) is 0 Å². The van der Waals surface area contributed by atoms with Crippen molar-refractivity contribution in [2.24, 2.45) is 0 Å². The molecule has 1 fully saturated rings. The maximum absolute atomic E-state index is 12.3. The first-order valence-corrected chi connectivity index (χ1v) is 8.02. The monoisotopic (exact) mass is 288 g/mol. The van der Waals surface area contributed by atoms with Gasteiger partial charge in [-0.2, -0.15) is 0 Å². The fourth-order valence-corrected chi connectivity index (χ4v) is 3.62. The van der Waals surface area contributed by atoms with Gasteiger partial charge in [-0.15, -0.1) is 0 Å². The number of benzene rings is 1. The van der Waals surface area contributed by atoms with E-state index in [2.05, 4.69) is 34.5 Å². The van der Waals surface area contributed by atoms with Crippen molar-refractivity contribution in [2.45, 2.75) is 38.3 Å². The van der Waals surface area contributed by atoms with Crippen LogP contribution < -0.4 is 5.32 Å². The number of carbonyl (C=O) groups is 1. The number of carbonyl (C=O) groups excluding carboxylic acids is 1. The van der Waals surface area contributed by atoms with Gasteiger partial charge in [0, 0.05) is 25.7 Å². The molecular weight excluding hydrogens is 264 g/mol. The van der Waals surface area contributed by atoms with Crippen LogP contribution in [-0.4, -0.2) is 43.2 Å². The Balaban J connectivity index is 1.85. The lowest BCUT2D eigenvalue weighted by Crippen LogP contribution is -2.56. The fourth-order valence-electron chi connectivity index (χ4n) is 3.62. The third-order valence-corrected chi connectivity index (χ3v) is 4.58. The molecule has 2 atom stereocenters. The number of ether oxygens (including phenoxy) is 1. The van der Waals surface area contributed by atoms with Crippen LogP contribution in [0.15, 0.2) is 24.3 Å². The normalized spacial score (nSPS) is 26.1. The maximum atomic E-state index is 12.3. The number of rotatable bonds is 3. The second kappa shape index (κ2) is 6.58. The van der Waals surface area contributed by atoms with E-state index >= 15 is 0 Å². The predicted molar refractivity (Wildman–Crippen MR) is 82.1 cm³/mol. The van der Waals surface area contributed by atoms with E-state index in [1.54, 1.807) is 0 Å².